The monoisotopic (exact) mass is 436 g/mol. The highest BCUT2D eigenvalue weighted by Crippen LogP contribution is 2.21. The first-order valence-corrected chi connectivity index (χ1v) is 10.8. The number of rotatable bonds is 7. The number of aromatic nitrogens is 2. The standard InChI is InChI=1S/C25H32N4O3/c1-18(28(15-16-32-5)24(31)27-25(2,3)4)22-26-21-14-10-9-13-20(21)23(30)29(22)17-19-11-7-6-8-12-19/h6-14,18H,15-17H2,1-5H3,(H,27,31). The van der Waals surface area contributed by atoms with Gasteiger partial charge in [0, 0.05) is 19.2 Å². The van der Waals surface area contributed by atoms with Gasteiger partial charge in [0.2, 0.25) is 0 Å². The van der Waals surface area contributed by atoms with Crippen molar-refractivity contribution in [2.75, 3.05) is 20.3 Å². The molecule has 170 valence electrons. The molecule has 3 rings (SSSR count). The number of hydrogen-bond donors (Lipinski definition) is 1. The number of benzene rings is 2. The second-order valence-electron chi connectivity index (χ2n) is 8.91. The van der Waals surface area contributed by atoms with Crippen molar-refractivity contribution in [2.45, 2.75) is 45.8 Å². The zero-order valence-electron chi connectivity index (χ0n) is 19.5. The molecule has 1 unspecified atom stereocenters. The number of nitrogens with zero attached hydrogens (tertiary/aromatic N) is 3. The van der Waals surface area contributed by atoms with Crippen LogP contribution in [0.15, 0.2) is 59.4 Å². The van der Waals surface area contributed by atoms with Gasteiger partial charge < -0.3 is 15.0 Å². The number of urea groups is 1. The molecule has 0 saturated carbocycles. The zero-order chi connectivity index (χ0) is 23.3. The highest BCUT2D eigenvalue weighted by atomic mass is 16.5. The Morgan fingerprint density at radius 3 is 2.44 bits per heavy atom. The van der Waals surface area contributed by atoms with E-state index in [1.54, 1.807) is 22.6 Å². The highest BCUT2D eigenvalue weighted by Gasteiger charge is 2.28. The fraction of sp³-hybridized carbons (Fsp3) is 0.400. The normalized spacial score (nSPS) is 12.5. The highest BCUT2D eigenvalue weighted by molar-refractivity contribution is 5.78. The molecule has 2 aromatic carbocycles. The van der Waals surface area contributed by atoms with E-state index in [9.17, 15) is 9.59 Å². The number of amides is 2. The van der Waals surface area contributed by atoms with Crippen LogP contribution in [0.25, 0.3) is 10.9 Å². The summed E-state index contributed by atoms with van der Waals surface area (Å²) in [6.45, 7) is 8.81. The van der Waals surface area contributed by atoms with Crippen molar-refractivity contribution in [3.05, 3.63) is 76.3 Å². The second kappa shape index (κ2) is 9.96. The summed E-state index contributed by atoms with van der Waals surface area (Å²) < 4.78 is 6.92. The van der Waals surface area contributed by atoms with E-state index in [4.69, 9.17) is 9.72 Å². The van der Waals surface area contributed by atoms with Gasteiger partial charge in [-0.2, -0.15) is 0 Å². The predicted molar refractivity (Wildman–Crippen MR) is 127 cm³/mol. The Balaban J connectivity index is 2.11. The summed E-state index contributed by atoms with van der Waals surface area (Å²) in [5.74, 6) is 0.540. The van der Waals surface area contributed by atoms with Gasteiger partial charge in [-0.1, -0.05) is 42.5 Å². The molecule has 32 heavy (non-hydrogen) atoms. The molecular weight excluding hydrogens is 404 g/mol. The maximum Gasteiger partial charge on any atom is 0.318 e. The number of ether oxygens (including phenoxy) is 1. The Bertz CT molecular complexity index is 1120. The molecule has 0 radical (unpaired) electrons. The van der Waals surface area contributed by atoms with Crippen LogP contribution in [0.5, 0.6) is 0 Å². The van der Waals surface area contributed by atoms with Crippen molar-refractivity contribution in [1.29, 1.82) is 0 Å². The molecule has 2 amide bonds. The SMILES string of the molecule is COCCN(C(=O)NC(C)(C)C)C(C)c1nc2ccccc2c(=O)n1Cc1ccccc1. The molecule has 1 N–H and O–H groups in total. The minimum atomic E-state index is -0.450. The fourth-order valence-electron chi connectivity index (χ4n) is 3.62. The Kier molecular flexibility index (Phi) is 7.30. The number of hydrogen-bond acceptors (Lipinski definition) is 4. The molecule has 1 atom stereocenters. The lowest BCUT2D eigenvalue weighted by Gasteiger charge is -2.33. The molecule has 0 fully saturated rings. The van der Waals surface area contributed by atoms with Gasteiger partial charge >= 0.3 is 6.03 Å². The van der Waals surface area contributed by atoms with E-state index in [0.717, 1.165) is 5.56 Å². The Hall–Kier alpha value is -3.19. The maximum atomic E-state index is 13.5. The summed E-state index contributed by atoms with van der Waals surface area (Å²) in [7, 11) is 1.60. The van der Waals surface area contributed by atoms with Crippen LogP contribution in [0, 0.1) is 0 Å². The van der Waals surface area contributed by atoms with E-state index in [1.807, 2.05) is 76.2 Å². The van der Waals surface area contributed by atoms with Crippen molar-refractivity contribution in [3.63, 3.8) is 0 Å². The Morgan fingerprint density at radius 2 is 1.78 bits per heavy atom. The first-order valence-electron chi connectivity index (χ1n) is 10.8. The van der Waals surface area contributed by atoms with Crippen molar-refractivity contribution in [3.8, 4) is 0 Å². The van der Waals surface area contributed by atoms with Crippen LogP contribution in [0.1, 0.15) is 45.1 Å². The van der Waals surface area contributed by atoms with Gasteiger partial charge in [0.15, 0.2) is 0 Å². The van der Waals surface area contributed by atoms with Crippen LogP contribution in [0.2, 0.25) is 0 Å². The molecule has 0 bridgehead atoms. The molecule has 0 aliphatic rings. The lowest BCUT2D eigenvalue weighted by Crippen LogP contribution is -2.50. The molecule has 0 aliphatic heterocycles. The third-order valence-electron chi connectivity index (χ3n) is 5.19. The minimum absolute atomic E-state index is 0.121. The number of carbonyl (C=O) groups is 1. The Labute approximate surface area is 189 Å². The van der Waals surface area contributed by atoms with Crippen LogP contribution >= 0.6 is 0 Å². The van der Waals surface area contributed by atoms with Gasteiger partial charge in [0.1, 0.15) is 5.82 Å². The number of para-hydroxylation sites is 1. The van der Waals surface area contributed by atoms with Crippen LogP contribution in [-0.4, -0.2) is 46.3 Å². The third-order valence-corrected chi connectivity index (χ3v) is 5.19. The van der Waals surface area contributed by atoms with Gasteiger partial charge in [-0.3, -0.25) is 9.36 Å². The topological polar surface area (TPSA) is 76.5 Å². The van der Waals surface area contributed by atoms with Crippen LogP contribution < -0.4 is 10.9 Å². The van der Waals surface area contributed by atoms with E-state index >= 15 is 0 Å². The smallest absolute Gasteiger partial charge is 0.318 e. The van der Waals surface area contributed by atoms with Gasteiger partial charge in [-0.05, 0) is 45.4 Å². The van der Waals surface area contributed by atoms with Gasteiger partial charge in [-0.15, -0.1) is 0 Å². The number of methoxy groups -OCH3 is 1. The maximum absolute atomic E-state index is 13.5. The average molecular weight is 437 g/mol. The van der Waals surface area contributed by atoms with Gasteiger partial charge in [0.05, 0.1) is 30.1 Å². The molecule has 7 heteroatoms. The van der Waals surface area contributed by atoms with E-state index in [0.29, 0.717) is 36.4 Å². The summed E-state index contributed by atoms with van der Waals surface area (Å²) in [6.07, 6.45) is 0. The van der Waals surface area contributed by atoms with Crippen molar-refractivity contribution >= 4 is 16.9 Å². The molecule has 1 heterocycles. The minimum Gasteiger partial charge on any atom is -0.383 e. The molecule has 3 aromatic rings. The average Bonchev–Trinajstić information content (AvgIpc) is 2.75. The summed E-state index contributed by atoms with van der Waals surface area (Å²) in [5.41, 5.74) is 1.08. The molecule has 7 nitrogen and oxygen atoms in total. The van der Waals surface area contributed by atoms with Gasteiger partial charge in [-0.25, -0.2) is 9.78 Å². The van der Waals surface area contributed by atoms with E-state index in [2.05, 4.69) is 5.32 Å². The van der Waals surface area contributed by atoms with Gasteiger partial charge in [0.25, 0.3) is 5.56 Å². The van der Waals surface area contributed by atoms with Crippen LogP contribution in [-0.2, 0) is 11.3 Å². The predicted octanol–water partition coefficient (Wildman–Crippen LogP) is 3.96. The number of nitrogens with one attached hydrogen (secondary N) is 1. The molecule has 0 spiro atoms. The summed E-state index contributed by atoms with van der Waals surface area (Å²) >= 11 is 0. The van der Waals surface area contributed by atoms with Crippen LogP contribution in [0.4, 0.5) is 4.79 Å². The quantitative estimate of drug-likeness (QED) is 0.608. The fourth-order valence-corrected chi connectivity index (χ4v) is 3.62. The summed E-state index contributed by atoms with van der Waals surface area (Å²) in [4.78, 5) is 33.1. The second-order valence-corrected chi connectivity index (χ2v) is 8.91. The first-order chi connectivity index (χ1) is 15.2. The third kappa shape index (κ3) is 5.53. The molecular formula is C25H32N4O3. The largest absolute Gasteiger partial charge is 0.383 e. The molecule has 1 aromatic heterocycles. The molecule has 0 saturated heterocycles. The van der Waals surface area contributed by atoms with E-state index in [-0.39, 0.29) is 11.6 Å². The van der Waals surface area contributed by atoms with Crippen molar-refractivity contribution in [1.82, 2.24) is 19.8 Å². The summed E-state index contributed by atoms with van der Waals surface area (Å²) in [6, 6.07) is 16.4. The first kappa shape index (κ1) is 23.5. The zero-order valence-corrected chi connectivity index (χ0v) is 19.5. The number of carbonyl (C=O) groups excluding carboxylic acids is 1. The van der Waals surface area contributed by atoms with Crippen molar-refractivity contribution in [2.24, 2.45) is 0 Å². The lowest BCUT2D eigenvalue weighted by molar-refractivity contribution is 0.125. The van der Waals surface area contributed by atoms with Crippen molar-refractivity contribution < 1.29 is 9.53 Å². The number of fused-ring (bicyclic) bond motifs is 1. The van der Waals surface area contributed by atoms with E-state index < -0.39 is 11.6 Å². The van der Waals surface area contributed by atoms with E-state index in [1.165, 1.54) is 0 Å². The Morgan fingerprint density at radius 1 is 1.12 bits per heavy atom. The van der Waals surface area contributed by atoms with Crippen LogP contribution in [0.3, 0.4) is 0 Å². The lowest BCUT2D eigenvalue weighted by atomic mass is 10.1. The summed E-state index contributed by atoms with van der Waals surface area (Å²) in [5, 5.41) is 3.57. The molecule has 0 aliphatic carbocycles.